The predicted molar refractivity (Wildman–Crippen MR) is 49.5 cm³/mol. The minimum atomic E-state index is -9.33. The van der Waals surface area contributed by atoms with Crippen LogP contribution in [0.3, 0.4) is 0 Å². The van der Waals surface area contributed by atoms with Crippen molar-refractivity contribution in [3.63, 3.8) is 0 Å². The Kier molecular flexibility index (Phi) is 5.05. The summed E-state index contributed by atoms with van der Waals surface area (Å²) in [5.41, 5.74) is -27.8. The second kappa shape index (κ2) is 5.69. The van der Waals surface area contributed by atoms with Gasteiger partial charge in [-0.2, -0.15) is 74.6 Å². The van der Waals surface area contributed by atoms with E-state index in [1.54, 1.807) is 0 Å². The van der Waals surface area contributed by atoms with Crippen molar-refractivity contribution in [3.8, 4) is 0 Å². The Hall–Kier alpha value is -1.40. The molecule has 0 saturated heterocycles. The van der Waals surface area contributed by atoms with Gasteiger partial charge in [0.25, 0.3) is 11.3 Å². The first kappa shape index (κ1) is 26.6. The summed E-state index contributed by atoms with van der Waals surface area (Å²) in [6.45, 7) is 0. The molecule has 180 valence electrons. The zero-order valence-electron chi connectivity index (χ0n) is 12.6. The molecule has 0 radical (unpaired) electrons. The van der Waals surface area contributed by atoms with Gasteiger partial charge >= 0.3 is 47.9 Å². The van der Waals surface area contributed by atoms with Crippen LogP contribution in [0.5, 0.6) is 0 Å². The lowest BCUT2D eigenvalue weighted by Crippen LogP contribution is -2.95. The van der Waals surface area contributed by atoms with E-state index in [1.807, 2.05) is 0 Å². The Bertz CT molecular complexity index is 690. The molecule has 1 rings (SSSR count). The molecule has 0 aromatic rings. The highest BCUT2D eigenvalue weighted by Crippen LogP contribution is 2.77. The quantitative estimate of drug-likeness (QED) is 0.369. The minimum absolute atomic E-state index is 8.36. The molecule has 0 N–H and O–H groups in total. The van der Waals surface area contributed by atoms with Gasteiger partial charge in [-0.25, -0.2) is 13.2 Å². The summed E-state index contributed by atoms with van der Waals surface area (Å²) in [6, 6.07) is 0. The standard InChI is InChI=1S/C10F20/c11-1(8(22,23)24)2(12,6(18,19)10(28,29)30)4(14,15)7(20,21)5(16,17)3(1,13)9(25,26)27. The molecule has 3 atom stereocenters. The van der Waals surface area contributed by atoms with Crippen molar-refractivity contribution in [2.45, 2.75) is 59.2 Å². The number of halogens is 20. The lowest BCUT2D eigenvalue weighted by atomic mass is 9.57. The molecule has 1 saturated carbocycles. The molecule has 0 bridgehead atoms. The van der Waals surface area contributed by atoms with Crippen molar-refractivity contribution in [2.75, 3.05) is 0 Å². The zero-order chi connectivity index (χ0) is 25.0. The Balaban J connectivity index is 4.56. The van der Waals surface area contributed by atoms with Crippen LogP contribution in [-0.2, 0) is 0 Å². The molecule has 1 aliphatic rings. The van der Waals surface area contributed by atoms with Crippen LogP contribution in [0.2, 0.25) is 0 Å². The fourth-order valence-corrected chi connectivity index (χ4v) is 2.67. The van der Waals surface area contributed by atoms with Gasteiger partial charge in [0.15, 0.2) is 0 Å². The van der Waals surface area contributed by atoms with Gasteiger partial charge in [0, 0.05) is 0 Å². The van der Waals surface area contributed by atoms with Gasteiger partial charge < -0.3 is 0 Å². The normalized spacial score (nSPS) is 37.2. The molecule has 0 spiro atoms. The molecule has 3 unspecified atom stereocenters. The number of hydrogen-bond donors (Lipinski definition) is 0. The first-order valence-electron chi connectivity index (χ1n) is 6.28. The Morgan fingerprint density at radius 2 is 0.600 bits per heavy atom. The van der Waals surface area contributed by atoms with E-state index in [-0.39, 0.29) is 0 Å². The highest BCUT2D eigenvalue weighted by molar-refractivity contribution is 5.39. The van der Waals surface area contributed by atoms with Gasteiger partial charge in [-0.05, 0) is 0 Å². The van der Waals surface area contributed by atoms with E-state index < -0.39 is 59.2 Å². The van der Waals surface area contributed by atoms with Crippen LogP contribution in [0.15, 0.2) is 0 Å². The third-order valence-electron chi connectivity index (χ3n) is 4.17. The summed E-state index contributed by atoms with van der Waals surface area (Å²) < 4.78 is 261. The van der Waals surface area contributed by atoms with E-state index >= 15 is 0 Å². The van der Waals surface area contributed by atoms with Crippen LogP contribution in [0.1, 0.15) is 0 Å². The lowest BCUT2D eigenvalue weighted by Gasteiger charge is -2.59. The summed E-state index contributed by atoms with van der Waals surface area (Å²) in [5.74, 6) is -35.4. The predicted octanol–water partition coefficient (Wildman–Crippen LogP) is 6.35. The molecule has 0 aromatic heterocycles. The van der Waals surface area contributed by atoms with Gasteiger partial charge in [-0.15, -0.1) is 0 Å². The average Bonchev–Trinajstić information content (AvgIpc) is 2.46. The van der Waals surface area contributed by atoms with E-state index in [0.29, 0.717) is 0 Å². The van der Waals surface area contributed by atoms with Crippen molar-refractivity contribution < 1.29 is 87.8 Å². The van der Waals surface area contributed by atoms with E-state index in [2.05, 4.69) is 0 Å². The number of rotatable bonds is 1. The Morgan fingerprint density at radius 3 is 0.833 bits per heavy atom. The molecule has 0 aromatic carbocycles. The lowest BCUT2D eigenvalue weighted by molar-refractivity contribution is -0.535. The smallest absolute Gasteiger partial charge is 0.226 e. The molecular weight excluding hydrogens is 500 g/mol. The van der Waals surface area contributed by atoms with Gasteiger partial charge in [0.05, 0.1) is 0 Å². The third kappa shape index (κ3) is 2.22. The minimum Gasteiger partial charge on any atom is -0.226 e. The Morgan fingerprint density at radius 1 is 0.333 bits per heavy atom. The Labute approximate surface area is 148 Å². The summed E-state index contributed by atoms with van der Waals surface area (Å²) in [5, 5.41) is 0. The monoisotopic (exact) mass is 500 g/mol. The van der Waals surface area contributed by atoms with E-state index in [1.165, 1.54) is 0 Å². The van der Waals surface area contributed by atoms with Crippen molar-refractivity contribution >= 4 is 0 Å². The van der Waals surface area contributed by atoms with E-state index in [4.69, 9.17) is 0 Å². The van der Waals surface area contributed by atoms with Gasteiger partial charge in [0.1, 0.15) is 0 Å². The highest BCUT2D eigenvalue weighted by atomic mass is 19.4. The maximum absolute atomic E-state index is 14.2. The van der Waals surface area contributed by atoms with Crippen molar-refractivity contribution in [2.24, 2.45) is 0 Å². The summed E-state index contributed by atoms with van der Waals surface area (Å²) in [4.78, 5) is 0. The molecule has 30 heavy (non-hydrogen) atoms. The molecular formula is C10F20. The van der Waals surface area contributed by atoms with Crippen molar-refractivity contribution in [1.29, 1.82) is 0 Å². The van der Waals surface area contributed by atoms with Gasteiger partial charge in [-0.1, -0.05) is 0 Å². The number of hydrogen-bond acceptors (Lipinski definition) is 0. The second-order valence-electron chi connectivity index (χ2n) is 5.77. The van der Waals surface area contributed by atoms with Crippen LogP contribution in [-0.4, -0.2) is 59.2 Å². The largest absolute Gasteiger partial charge is 0.457 e. The van der Waals surface area contributed by atoms with Crippen molar-refractivity contribution in [1.82, 2.24) is 0 Å². The van der Waals surface area contributed by atoms with Gasteiger partial charge in [0.2, 0.25) is 0 Å². The highest BCUT2D eigenvalue weighted by Gasteiger charge is 3.12. The molecule has 0 nitrogen and oxygen atoms in total. The summed E-state index contributed by atoms with van der Waals surface area (Å²) >= 11 is 0. The maximum atomic E-state index is 14.2. The molecule has 0 aliphatic heterocycles. The average molecular weight is 500 g/mol. The maximum Gasteiger partial charge on any atom is 0.457 e. The van der Waals surface area contributed by atoms with Crippen LogP contribution < -0.4 is 0 Å². The van der Waals surface area contributed by atoms with Crippen LogP contribution >= 0.6 is 0 Å². The fourth-order valence-electron chi connectivity index (χ4n) is 2.67. The van der Waals surface area contributed by atoms with Crippen LogP contribution in [0.25, 0.3) is 0 Å². The van der Waals surface area contributed by atoms with Crippen LogP contribution in [0.4, 0.5) is 87.8 Å². The second-order valence-corrected chi connectivity index (χ2v) is 5.77. The van der Waals surface area contributed by atoms with Crippen molar-refractivity contribution in [3.05, 3.63) is 0 Å². The van der Waals surface area contributed by atoms with E-state index in [9.17, 15) is 87.8 Å². The fraction of sp³-hybridized carbons (Fsp3) is 1.00. The number of alkyl halides is 20. The molecule has 1 aliphatic carbocycles. The third-order valence-corrected chi connectivity index (χ3v) is 4.17. The first-order chi connectivity index (χ1) is 12.5. The molecule has 0 heterocycles. The summed E-state index contributed by atoms with van der Waals surface area (Å²) in [7, 11) is 0. The molecule has 20 heteroatoms. The summed E-state index contributed by atoms with van der Waals surface area (Å²) in [6.07, 6.45) is -25.7. The zero-order valence-corrected chi connectivity index (χ0v) is 12.6. The van der Waals surface area contributed by atoms with Gasteiger partial charge in [-0.3, -0.25) is 0 Å². The van der Waals surface area contributed by atoms with Crippen LogP contribution in [0, 0.1) is 0 Å². The SMILES string of the molecule is FC(F)(F)C(F)(F)C1(F)C(F)(F)C(F)(F)C(F)(F)C(F)(C(F)(F)F)C1(F)C(F)(F)F. The molecule has 0 amide bonds. The van der Waals surface area contributed by atoms with E-state index in [0.717, 1.165) is 0 Å². The molecule has 1 fully saturated rings. The first-order valence-corrected chi connectivity index (χ1v) is 6.28. The topological polar surface area (TPSA) is 0 Å².